The van der Waals surface area contributed by atoms with Crippen LogP contribution in [0.25, 0.3) is 11.0 Å². The van der Waals surface area contributed by atoms with Gasteiger partial charge in [0.1, 0.15) is 16.7 Å². The highest BCUT2D eigenvalue weighted by Crippen LogP contribution is 2.12. The highest BCUT2D eigenvalue weighted by molar-refractivity contribution is 6.02. The van der Waals surface area contributed by atoms with Gasteiger partial charge in [0.25, 0.3) is 0 Å². The van der Waals surface area contributed by atoms with E-state index in [2.05, 4.69) is 20.6 Å². The highest BCUT2D eigenvalue weighted by atomic mass is 16.6. The Kier molecular flexibility index (Phi) is 5.29. The number of para-hydroxylation sites is 1. The largest absolute Gasteiger partial charge is 0.444 e. The Balaban J connectivity index is 2.38. The molecule has 0 spiro atoms. The van der Waals surface area contributed by atoms with Crippen LogP contribution in [-0.4, -0.2) is 44.3 Å². The van der Waals surface area contributed by atoms with Crippen LogP contribution in [0, 0.1) is 0 Å². The third-order valence-corrected chi connectivity index (χ3v) is 2.76. The van der Waals surface area contributed by atoms with Gasteiger partial charge in [0.15, 0.2) is 0 Å². The van der Waals surface area contributed by atoms with E-state index in [1.807, 2.05) is 0 Å². The van der Waals surface area contributed by atoms with Crippen LogP contribution < -0.4 is 5.32 Å². The van der Waals surface area contributed by atoms with E-state index in [-0.39, 0.29) is 5.96 Å². The van der Waals surface area contributed by atoms with Crippen molar-refractivity contribution in [3.8, 4) is 0 Å². The summed E-state index contributed by atoms with van der Waals surface area (Å²) < 4.78 is 11.6. The second kappa shape index (κ2) is 7.11. The Bertz CT molecular complexity index is 843. The minimum atomic E-state index is -0.872. The predicted octanol–water partition coefficient (Wildman–Crippen LogP) is 3.10. The number of benzene rings is 1. The van der Waals surface area contributed by atoms with Gasteiger partial charge >= 0.3 is 12.2 Å². The SMILES string of the molecule is CC(C)(C)OC(=O)/N=C(\NC(=O)OC(C)(C)C)n1nnc2ccccc21. The molecule has 2 aromatic rings. The van der Waals surface area contributed by atoms with E-state index in [0.717, 1.165) is 0 Å². The van der Waals surface area contributed by atoms with Gasteiger partial charge in [-0.25, -0.2) is 9.59 Å². The lowest BCUT2D eigenvalue weighted by molar-refractivity contribution is 0.0560. The standard InChI is InChI=1S/C17H23N5O4/c1-16(2,3)25-14(23)18-13(19-15(24)26-17(4,5)6)22-12-10-8-7-9-11(12)20-21-22/h7-10H,1-6H3,(H,18,19,23,24). The average molecular weight is 361 g/mol. The molecule has 0 unspecified atom stereocenters. The number of aliphatic imine (C=N–C) groups is 1. The highest BCUT2D eigenvalue weighted by Gasteiger charge is 2.22. The predicted molar refractivity (Wildman–Crippen MR) is 96.0 cm³/mol. The molecular formula is C17H23N5O4. The minimum Gasteiger partial charge on any atom is -0.444 e. The monoisotopic (exact) mass is 361 g/mol. The quantitative estimate of drug-likeness (QED) is 0.571. The zero-order chi connectivity index (χ0) is 19.5. The molecule has 1 heterocycles. The first kappa shape index (κ1) is 19.4. The van der Waals surface area contributed by atoms with Crippen LogP contribution in [0.15, 0.2) is 29.3 Å². The Morgan fingerprint density at radius 1 is 1.04 bits per heavy atom. The first-order valence-electron chi connectivity index (χ1n) is 8.07. The molecule has 0 radical (unpaired) electrons. The van der Waals surface area contributed by atoms with E-state index in [4.69, 9.17) is 9.47 Å². The molecule has 1 aromatic heterocycles. The number of nitrogens with one attached hydrogen (secondary N) is 1. The summed E-state index contributed by atoms with van der Waals surface area (Å²) in [5, 5.41) is 10.4. The number of hydrogen-bond acceptors (Lipinski definition) is 6. The minimum absolute atomic E-state index is 0.165. The van der Waals surface area contributed by atoms with Gasteiger partial charge in [0.2, 0.25) is 5.96 Å². The van der Waals surface area contributed by atoms with Crippen molar-refractivity contribution >= 4 is 29.2 Å². The van der Waals surface area contributed by atoms with Crippen molar-refractivity contribution < 1.29 is 19.1 Å². The molecular weight excluding hydrogens is 338 g/mol. The number of hydrogen-bond donors (Lipinski definition) is 1. The van der Waals surface area contributed by atoms with Crippen molar-refractivity contribution in [2.75, 3.05) is 0 Å². The van der Waals surface area contributed by atoms with Gasteiger partial charge in [-0.1, -0.05) is 17.3 Å². The van der Waals surface area contributed by atoms with Crippen LogP contribution >= 0.6 is 0 Å². The number of alkyl carbamates (subject to hydrolysis) is 1. The van der Waals surface area contributed by atoms with Crippen molar-refractivity contribution in [1.82, 2.24) is 20.3 Å². The zero-order valence-electron chi connectivity index (χ0n) is 15.7. The molecule has 0 aliphatic heterocycles. The third-order valence-electron chi connectivity index (χ3n) is 2.76. The molecule has 1 N–H and O–H groups in total. The smallest absolute Gasteiger partial charge is 0.437 e. The van der Waals surface area contributed by atoms with Crippen LogP contribution in [0.4, 0.5) is 9.59 Å². The summed E-state index contributed by atoms with van der Waals surface area (Å²) in [6.45, 7) is 10.3. The summed E-state index contributed by atoms with van der Waals surface area (Å²) in [7, 11) is 0. The molecule has 2 rings (SSSR count). The molecule has 1 aromatic carbocycles. The molecule has 0 bridgehead atoms. The number of fused-ring (bicyclic) bond motifs is 1. The molecule has 9 heteroatoms. The molecule has 0 atom stereocenters. The van der Waals surface area contributed by atoms with Crippen LogP contribution in [0.5, 0.6) is 0 Å². The Morgan fingerprint density at radius 2 is 1.65 bits per heavy atom. The average Bonchev–Trinajstić information content (AvgIpc) is 2.86. The normalized spacial score (nSPS) is 12.8. The van der Waals surface area contributed by atoms with Crippen LogP contribution in [-0.2, 0) is 9.47 Å². The number of ether oxygens (including phenoxy) is 2. The molecule has 0 saturated carbocycles. The maximum absolute atomic E-state index is 12.1. The third kappa shape index (κ3) is 5.54. The summed E-state index contributed by atoms with van der Waals surface area (Å²) in [6.07, 6.45) is -1.65. The van der Waals surface area contributed by atoms with Gasteiger partial charge in [-0.15, -0.1) is 10.1 Å². The lowest BCUT2D eigenvalue weighted by atomic mass is 10.2. The number of amides is 2. The van der Waals surface area contributed by atoms with Crippen molar-refractivity contribution in [3.05, 3.63) is 24.3 Å². The van der Waals surface area contributed by atoms with Gasteiger partial charge in [0.05, 0.1) is 5.52 Å². The van der Waals surface area contributed by atoms with Crippen LogP contribution in [0.2, 0.25) is 0 Å². The molecule has 26 heavy (non-hydrogen) atoms. The van der Waals surface area contributed by atoms with E-state index < -0.39 is 23.4 Å². The van der Waals surface area contributed by atoms with Crippen LogP contribution in [0.1, 0.15) is 41.5 Å². The second-order valence-corrected chi connectivity index (χ2v) is 7.53. The summed E-state index contributed by atoms with van der Waals surface area (Å²) in [5.74, 6) is -0.165. The maximum atomic E-state index is 12.1. The van der Waals surface area contributed by atoms with Gasteiger partial charge in [-0.3, -0.25) is 5.32 Å². The summed E-state index contributed by atoms with van der Waals surface area (Å²) >= 11 is 0. The zero-order valence-corrected chi connectivity index (χ0v) is 15.7. The lowest BCUT2D eigenvalue weighted by Crippen LogP contribution is -2.40. The lowest BCUT2D eigenvalue weighted by Gasteiger charge is -2.20. The number of carbonyl (C=O) groups excluding carboxylic acids is 2. The molecule has 0 aliphatic rings. The van der Waals surface area contributed by atoms with E-state index >= 15 is 0 Å². The first-order valence-corrected chi connectivity index (χ1v) is 8.07. The molecule has 2 amide bonds. The number of carbonyl (C=O) groups is 2. The van der Waals surface area contributed by atoms with Crippen molar-refractivity contribution in [1.29, 1.82) is 0 Å². The van der Waals surface area contributed by atoms with Gasteiger partial charge < -0.3 is 9.47 Å². The van der Waals surface area contributed by atoms with E-state index in [1.54, 1.807) is 65.8 Å². The van der Waals surface area contributed by atoms with E-state index in [9.17, 15) is 9.59 Å². The van der Waals surface area contributed by atoms with Crippen molar-refractivity contribution in [3.63, 3.8) is 0 Å². The topological polar surface area (TPSA) is 108 Å². The van der Waals surface area contributed by atoms with Gasteiger partial charge in [-0.05, 0) is 53.7 Å². The van der Waals surface area contributed by atoms with Crippen molar-refractivity contribution in [2.24, 2.45) is 4.99 Å². The van der Waals surface area contributed by atoms with Gasteiger partial charge in [0, 0.05) is 0 Å². The fraction of sp³-hybridized carbons (Fsp3) is 0.471. The molecule has 0 saturated heterocycles. The molecule has 0 aliphatic carbocycles. The summed E-state index contributed by atoms with van der Waals surface area (Å²) in [4.78, 5) is 28.1. The number of aromatic nitrogens is 3. The van der Waals surface area contributed by atoms with E-state index in [0.29, 0.717) is 11.0 Å². The Morgan fingerprint density at radius 3 is 2.27 bits per heavy atom. The second-order valence-electron chi connectivity index (χ2n) is 7.53. The Hall–Kier alpha value is -2.97. The summed E-state index contributed by atoms with van der Waals surface area (Å²) in [5.41, 5.74) is -0.311. The van der Waals surface area contributed by atoms with Crippen LogP contribution in [0.3, 0.4) is 0 Å². The van der Waals surface area contributed by atoms with Crippen molar-refractivity contribution in [2.45, 2.75) is 52.7 Å². The number of nitrogens with zero attached hydrogens (tertiary/aromatic N) is 4. The number of rotatable bonds is 0. The molecule has 0 fully saturated rings. The Labute approximate surface area is 151 Å². The first-order chi connectivity index (χ1) is 11.9. The molecule has 9 nitrogen and oxygen atoms in total. The van der Waals surface area contributed by atoms with E-state index in [1.165, 1.54) is 4.68 Å². The maximum Gasteiger partial charge on any atom is 0.437 e. The molecule has 140 valence electrons. The fourth-order valence-corrected chi connectivity index (χ4v) is 1.92. The fourth-order valence-electron chi connectivity index (χ4n) is 1.92. The van der Waals surface area contributed by atoms with Gasteiger partial charge in [-0.2, -0.15) is 4.68 Å². The summed E-state index contributed by atoms with van der Waals surface area (Å²) in [6, 6.07) is 7.06.